The summed E-state index contributed by atoms with van der Waals surface area (Å²) in [4.78, 5) is 24.5. The van der Waals surface area contributed by atoms with E-state index in [0.29, 0.717) is 35.7 Å². The van der Waals surface area contributed by atoms with Crippen LogP contribution in [0.3, 0.4) is 0 Å². The fraction of sp³-hybridized carbons (Fsp3) is 0.789. The van der Waals surface area contributed by atoms with Crippen LogP contribution >= 0.6 is 15.9 Å². The summed E-state index contributed by atoms with van der Waals surface area (Å²) in [6.07, 6.45) is 9.15. The molecule has 0 saturated heterocycles. The molecule has 0 amide bonds. The summed E-state index contributed by atoms with van der Waals surface area (Å²) in [5.74, 6) is 2.65. The highest BCUT2D eigenvalue weighted by atomic mass is 79.9. The molecular weight excluding hydrogens is 340 g/mol. The number of carbonyl (C=O) groups excluding carboxylic acids is 2. The van der Waals surface area contributed by atoms with E-state index in [1.165, 1.54) is 12.0 Å². The van der Waals surface area contributed by atoms with Gasteiger partial charge >= 0.3 is 0 Å². The predicted molar refractivity (Wildman–Crippen MR) is 89.8 cm³/mol. The van der Waals surface area contributed by atoms with Crippen molar-refractivity contribution in [2.75, 3.05) is 0 Å². The lowest BCUT2D eigenvalue weighted by Gasteiger charge is -2.56. The second kappa shape index (κ2) is 4.78. The maximum absolute atomic E-state index is 12.6. The standard InChI is InChI=1S/C19H25BrO2/c1-18-7-5-12(21)9-11(18)3-4-13-14(18)6-8-19(2)15(13)10-16(20)17(19)22/h9,13-16H,3-8,10H2,1-2H3/t13-,14+,15+,16-,18+,19+/m1/s1. The van der Waals surface area contributed by atoms with Crippen LogP contribution in [0, 0.1) is 28.6 Å². The van der Waals surface area contributed by atoms with Gasteiger partial charge in [-0.15, -0.1) is 0 Å². The van der Waals surface area contributed by atoms with E-state index in [0.717, 1.165) is 32.1 Å². The number of halogens is 1. The van der Waals surface area contributed by atoms with Crippen LogP contribution in [-0.4, -0.2) is 16.4 Å². The highest BCUT2D eigenvalue weighted by Crippen LogP contribution is 2.64. The largest absolute Gasteiger partial charge is 0.298 e. The lowest BCUT2D eigenvalue weighted by atomic mass is 9.47. The van der Waals surface area contributed by atoms with Crippen molar-refractivity contribution in [3.05, 3.63) is 11.6 Å². The first-order valence-electron chi connectivity index (χ1n) is 8.78. The van der Waals surface area contributed by atoms with Crippen molar-refractivity contribution >= 4 is 27.5 Å². The summed E-state index contributed by atoms with van der Waals surface area (Å²) < 4.78 is 0. The molecule has 0 aliphatic heterocycles. The van der Waals surface area contributed by atoms with Gasteiger partial charge in [0.1, 0.15) is 0 Å². The molecule has 4 aliphatic rings. The summed E-state index contributed by atoms with van der Waals surface area (Å²) >= 11 is 3.63. The molecule has 22 heavy (non-hydrogen) atoms. The number of allylic oxidation sites excluding steroid dienone is 1. The van der Waals surface area contributed by atoms with E-state index >= 15 is 0 Å². The highest BCUT2D eigenvalue weighted by molar-refractivity contribution is 9.10. The van der Waals surface area contributed by atoms with Crippen LogP contribution < -0.4 is 0 Å². The van der Waals surface area contributed by atoms with Gasteiger partial charge in [-0.2, -0.15) is 0 Å². The smallest absolute Gasteiger partial charge is 0.155 e. The minimum Gasteiger partial charge on any atom is -0.298 e. The SMILES string of the molecule is C[C@]12CCC(=O)C=C1CC[C@@H]1[C@@H]2CC[C@]2(C)C(=O)[C@H](Br)C[C@@H]12. The van der Waals surface area contributed by atoms with Crippen molar-refractivity contribution < 1.29 is 9.59 Å². The van der Waals surface area contributed by atoms with Crippen LogP contribution in [0.15, 0.2) is 11.6 Å². The van der Waals surface area contributed by atoms with Crippen LogP contribution in [0.4, 0.5) is 0 Å². The molecule has 0 aromatic heterocycles. The third-order valence-corrected chi connectivity index (χ3v) is 8.45. The van der Waals surface area contributed by atoms with E-state index in [1.807, 2.05) is 6.08 Å². The summed E-state index contributed by atoms with van der Waals surface area (Å²) in [5, 5.41) is 0. The summed E-state index contributed by atoms with van der Waals surface area (Å²) in [7, 11) is 0. The molecule has 3 fully saturated rings. The van der Waals surface area contributed by atoms with E-state index in [2.05, 4.69) is 29.8 Å². The van der Waals surface area contributed by atoms with Crippen molar-refractivity contribution in [3.63, 3.8) is 0 Å². The first-order valence-corrected chi connectivity index (χ1v) is 9.70. The van der Waals surface area contributed by atoms with Gasteiger partial charge in [-0.05, 0) is 67.8 Å². The number of alkyl halides is 1. The van der Waals surface area contributed by atoms with Gasteiger partial charge in [-0.25, -0.2) is 0 Å². The van der Waals surface area contributed by atoms with Crippen LogP contribution in [-0.2, 0) is 9.59 Å². The number of hydrogen-bond acceptors (Lipinski definition) is 2. The maximum atomic E-state index is 12.6. The Morgan fingerprint density at radius 3 is 2.59 bits per heavy atom. The first-order chi connectivity index (χ1) is 10.4. The van der Waals surface area contributed by atoms with E-state index in [-0.39, 0.29) is 15.7 Å². The zero-order chi connectivity index (χ0) is 15.7. The zero-order valence-corrected chi connectivity index (χ0v) is 15.1. The summed E-state index contributed by atoms with van der Waals surface area (Å²) in [5.41, 5.74) is 1.52. The van der Waals surface area contributed by atoms with E-state index in [9.17, 15) is 9.59 Å². The number of ketones is 2. The molecular formula is C19H25BrO2. The molecule has 0 heterocycles. The average Bonchev–Trinajstić information content (AvgIpc) is 2.72. The van der Waals surface area contributed by atoms with Gasteiger partial charge in [0.25, 0.3) is 0 Å². The first kappa shape index (κ1) is 15.1. The second-order valence-corrected chi connectivity index (χ2v) is 9.60. The predicted octanol–water partition coefficient (Wildman–Crippen LogP) is 4.46. The quantitative estimate of drug-likeness (QED) is 0.594. The molecule has 3 heteroatoms. The zero-order valence-electron chi connectivity index (χ0n) is 13.5. The number of hydrogen-bond donors (Lipinski definition) is 0. The molecule has 4 rings (SSSR count). The van der Waals surface area contributed by atoms with Crippen LogP contribution in [0.25, 0.3) is 0 Å². The van der Waals surface area contributed by atoms with E-state index in [1.54, 1.807) is 0 Å². The third-order valence-electron chi connectivity index (χ3n) is 7.66. The minimum absolute atomic E-state index is 0.0685. The topological polar surface area (TPSA) is 34.1 Å². The Morgan fingerprint density at radius 2 is 1.82 bits per heavy atom. The summed E-state index contributed by atoms with van der Waals surface area (Å²) in [6, 6.07) is 0. The number of carbonyl (C=O) groups is 2. The van der Waals surface area contributed by atoms with Gasteiger partial charge in [0.05, 0.1) is 4.83 Å². The van der Waals surface area contributed by atoms with Gasteiger partial charge in [0.15, 0.2) is 11.6 Å². The Kier molecular flexibility index (Phi) is 3.28. The molecule has 3 saturated carbocycles. The van der Waals surface area contributed by atoms with Crippen molar-refractivity contribution in [2.45, 2.75) is 63.6 Å². The molecule has 4 aliphatic carbocycles. The van der Waals surface area contributed by atoms with E-state index < -0.39 is 0 Å². The van der Waals surface area contributed by atoms with Gasteiger partial charge in [0.2, 0.25) is 0 Å². The lowest BCUT2D eigenvalue weighted by Crippen LogP contribution is -2.50. The molecule has 0 aromatic carbocycles. The minimum atomic E-state index is -0.0998. The molecule has 0 aromatic rings. The monoisotopic (exact) mass is 364 g/mol. The highest BCUT2D eigenvalue weighted by Gasteiger charge is 2.60. The van der Waals surface area contributed by atoms with Gasteiger partial charge in [0, 0.05) is 11.8 Å². The lowest BCUT2D eigenvalue weighted by molar-refractivity contribution is -0.132. The summed E-state index contributed by atoms with van der Waals surface area (Å²) in [6.45, 7) is 4.61. The van der Waals surface area contributed by atoms with Crippen LogP contribution in [0.1, 0.15) is 58.8 Å². The van der Waals surface area contributed by atoms with Crippen LogP contribution in [0.2, 0.25) is 0 Å². The molecule has 6 atom stereocenters. The molecule has 0 bridgehead atoms. The third kappa shape index (κ3) is 1.84. The van der Waals surface area contributed by atoms with Crippen molar-refractivity contribution in [1.29, 1.82) is 0 Å². The molecule has 120 valence electrons. The molecule has 2 nitrogen and oxygen atoms in total. The Morgan fingerprint density at radius 1 is 1.05 bits per heavy atom. The molecule has 0 N–H and O–H groups in total. The molecule has 0 spiro atoms. The second-order valence-electron chi connectivity index (χ2n) is 8.49. The number of Topliss-reactive ketones (excluding diaryl/α,β-unsaturated/α-hetero) is 1. The van der Waals surface area contributed by atoms with Gasteiger partial charge < -0.3 is 0 Å². The Hall–Kier alpha value is -0.440. The van der Waals surface area contributed by atoms with Crippen molar-refractivity contribution in [3.8, 4) is 0 Å². The van der Waals surface area contributed by atoms with Crippen molar-refractivity contribution in [1.82, 2.24) is 0 Å². The Balaban J connectivity index is 1.70. The fourth-order valence-corrected chi connectivity index (χ4v) is 7.23. The fourth-order valence-electron chi connectivity index (χ4n) is 6.31. The Labute approximate surface area is 141 Å². The van der Waals surface area contributed by atoms with Crippen LogP contribution in [0.5, 0.6) is 0 Å². The normalized spacial score (nSPS) is 51.0. The van der Waals surface area contributed by atoms with Crippen molar-refractivity contribution in [2.24, 2.45) is 28.6 Å². The van der Waals surface area contributed by atoms with Gasteiger partial charge in [-0.1, -0.05) is 35.4 Å². The number of rotatable bonds is 0. The number of fused-ring (bicyclic) bond motifs is 5. The maximum Gasteiger partial charge on any atom is 0.155 e. The Bertz CT molecular complexity index is 580. The molecule has 0 radical (unpaired) electrons. The average molecular weight is 365 g/mol. The molecule has 0 unspecified atom stereocenters. The van der Waals surface area contributed by atoms with Gasteiger partial charge in [-0.3, -0.25) is 9.59 Å². The van der Waals surface area contributed by atoms with E-state index in [4.69, 9.17) is 0 Å².